The molecule has 0 saturated heterocycles. The van der Waals surface area contributed by atoms with Gasteiger partial charge in [-0.1, -0.05) is 134 Å². The maximum Gasteiger partial charge on any atom is 0.356 e. The number of hydrogen-bond donors (Lipinski definition) is 2. The van der Waals surface area contributed by atoms with Crippen LogP contribution in [0.25, 0.3) is 0 Å². The van der Waals surface area contributed by atoms with Crippen molar-refractivity contribution in [3.63, 3.8) is 0 Å². The van der Waals surface area contributed by atoms with Crippen molar-refractivity contribution in [2.24, 2.45) is 10.7 Å². The molecule has 2 unspecified atom stereocenters. The van der Waals surface area contributed by atoms with E-state index < -0.39 is 13.8 Å². The van der Waals surface area contributed by atoms with Gasteiger partial charge < -0.3 is 38.9 Å². The Morgan fingerprint density at radius 2 is 1.42 bits per heavy atom. The molecule has 2 atom stereocenters. The zero-order valence-corrected chi connectivity index (χ0v) is 30.5. The minimum atomic E-state index is -3.53. The van der Waals surface area contributed by atoms with E-state index in [0.717, 1.165) is 12.0 Å². The molecule has 2 heterocycles. The largest absolute Gasteiger partial charge is 0.379 e. The van der Waals surface area contributed by atoms with Crippen LogP contribution in [-0.4, -0.2) is 55.4 Å². The minimum absolute atomic E-state index is 0.164. The molecule has 2 aromatic rings. The summed E-state index contributed by atoms with van der Waals surface area (Å²) in [5, 5.41) is 3.02. The minimum Gasteiger partial charge on any atom is -0.379 e. The average Bonchev–Trinajstić information content (AvgIpc) is 3.51. The predicted octanol–water partition coefficient (Wildman–Crippen LogP) is 8.95. The van der Waals surface area contributed by atoms with Crippen LogP contribution < -0.4 is 11.1 Å². The van der Waals surface area contributed by atoms with Gasteiger partial charge in [0, 0.05) is 20.3 Å². The molecule has 12 heteroatoms. The van der Waals surface area contributed by atoms with E-state index in [1.54, 1.807) is 13.4 Å². The van der Waals surface area contributed by atoms with E-state index in [1.165, 1.54) is 96.3 Å². The lowest BCUT2D eigenvalue weighted by molar-refractivity contribution is 0.0756. The van der Waals surface area contributed by atoms with E-state index in [1.807, 2.05) is 34.9 Å². The van der Waals surface area contributed by atoms with E-state index in [0.29, 0.717) is 31.3 Å². The molecule has 0 fully saturated rings. The van der Waals surface area contributed by atoms with E-state index in [4.69, 9.17) is 29.0 Å². The van der Waals surface area contributed by atoms with Gasteiger partial charge in [-0.25, -0.2) is 9.98 Å². The van der Waals surface area contributed by atoms with Crippen LogP contribution >= 0.6 is 7.60 Å². The first-order valence-electron chi connectivity index (χ1n) is 18.3. The number of guanidine groups is 1. The zero-order valence-electron chi connectivity index (χ0n) is 29.6. The number of hydrogen-bond acceptors (Lipinski definition) is 10. The molecule has 0 aliphatic carbocycles. The third-order valence-corrected chi connectivity index (χ3v) is 10.1. The quantitative estimate of drug-likeness (QED) is 0.0609. The molecule has 48 heavy (non-hydrogen) atoms. The number of nitrogens with two attached hydrogens (primary N) is 1. The molecule has 0 radical (unpaired) electrons. The van der Waals surface area contributed by atoms with E-state index >= 15 is 0 Å². The fraction of sp³-hybridized carbons (Fsp3) is 0.722. The molecule has 272 valence electrons. The van der Waals surface area contributed by atoms with Crippen LogP contribution in [0.1, 0.15) is 127 Å². The van der Waals surface area contributed by atoms with Gasteiger partial charge in [0.05, 0.1) is 32.8 Å². The second-order valence-electron chi connectivity index (χ2n) is 12.6. The molecule has 0 amide bonds. The van der Waals surface area contributed by atoms with E-state index in [9.17, 15) is 4.57 Å². The van der Waals surface area contributed by atoms with Crippen molar-refractivity contribution in [3.8, 4) is 0 Å². The first-order chi connectivity index (χ1) is 23.5. The van der Waals surface area contributed by atoms with Gasteiger partial charge in [-0.15, -0.1) is 0 Å². The smallest absolute Gasteiger partial charge is 0.356 e. The lowest BCUT2D eigenvalue weighted by atomic mass is 10.0. The normalized spacial score (nSPS) is 15.5. The van der Waals surface area contributed by atoms with Crippen molar-refractivity contribution >= 4 is 19.4 Å². The highest BCUT2D eigenvalue weighted by Crippen LogP contribution is 2.48. The summed E-state index contributed by atoms with van der Waals surface area (Å²) < 4.78 is 43.9. The van der Waals surface area contributed by atoms with Crippen LogP contribution in [-0.2, 0) is 41.0 Å². The fourth-order valence-corrected chi connectivity index (χ4v) is 6.95. The standard InChI is InChI=1S/C36H62N5O6P/c1-3-4-5-6-7-8-9-10-11-12-13-14-15-16-17-21-25-44-27-28-46-48(42,47-29-32-22-19-18-20-23-32)31-45-26-24-41-30-38-33-34(41)39-36(37)40-35(33)43-2/h18-20,22-23,30,35H,3-17,21,24-29,31H2,1-2H3,(H3,37,39,40). The molecule has 1 aliphatic heterocycles. The highest BCUT2D eigenvalue weighted by molar-refractivity contribution is 7.53. The highest BCUT2D eigenvalue weighted by Gasteiger charge is 2.27. The first-order valence-corrected chi connectivity index (χ1v) is 20.0. The Morgan fingerprint density at radius 3 is 2.04 bits per heavy atom. The Bertz CT molecular complexity index is 1180. The number of imidazole rings is 1. The number of methoxy groups -OCH3 is 1. The molecule has 0 bridgehead atoms. The molecule has 1 aliphatic rings. The number of ether oxygens (including phenoxy) is 3. The maximum absolute atomic E-state index is 13.6. The molecule has 1 aromatic carbocycles. The van der Waals surface area contributed by atoms with Crippen LogP contribution in [0.3, 0.4) is 0 Å². The van der Waals surface area contributed by atoms with Gasteiger partial charge in [-0.3, -0.25) is 4.57 Å². The SMILES string of the molecule is CCCCCCCCCCCCCCCCCCOCCOP(=O)(COCCn1cnc2c1NC(N)=NC2OC)OCc1ccccc1. The van der Waals surface area contributed by atoms with Gasteiger partial charge in [0.15, 0.2) is 12.2 Å². The van der Waals surface area contributed by atoms with Gasteiger partial charge in [-0.2, -0.15) is 0 Å². The predicted molar refractivity (Wildman–Crippen MR) is 193 cm³/mol. The van der Waals surface area contributed by atoms with Crippen molar-refractivity contribution in [3.05, 3.63) is 47.9 Å². The summed E-state index contributed by atoms with van der Waals surface area (Å²) in [6, 6.07) is 9.60. The number of aromatic nitrogens is 2. The summed E-state index contributed by atoms with van der Waals surface area (Å²) in [4.78, 5) is 8.58. The molecular formula is C36H62N5O6P. The molecule has 1 aromatic heterocycles. The molecule has 3 rings (SSSR count). The van der Waals surface area contributed by atoms with Crippen LogP contribution in [0.5, 0.6) is 0 Å². The number of anilines is 1. The molecule has 11 nitrogen and oxygen atoms in total. The van der Waals surface area contributed by atoms with Crippen LogP contribution in [0.2, 0.25) is 0 Å². The van der Waals surface area contributed by atoms with Crippen molar-refractivity contribution in [1.29, 1.82) is 0 Å². The summed E-state index contributed by atoms with van der Waals surface area (Å²) in [7, 11) is -1.98. The molecular weight excluding hydrogens is 629 g/mol. The summed E-state index contributed by atoms with van der Waals surface area (Å²) >= 11 is 0. The number of unbranched alkanes of at least 4 members (excludes halogenated alkanes) is 15. The molecule has 0 saturated carbocycles. The van der Waals surface area contributed by atoms with Gasteiger partial charge in [0.2, 0.25) is 0 Å². The lowest BCUT2D eigenvalue weighted by Crippen LogP contribution is -2.30. The molecule has 0 spiro atoms. The van der Waals surface area contributed by atoms with Crippen molar-refractivity contribution < 1.29 is 27.8 Å². The van der Waals surface area contributed by atoms with Crippen LogP contribution in [0.4, 0.5) is 5.82 Å². The van der Waals surface area contributed by atoms with Crippen molar-refractivity contribution in [2.45, 2.75) is 129 Å². The number of aliphatic imine (C=N–C) groups is 1. The van der Waals surface area contributed by atoms with E-state index in [2.05, 4.69) is 22.2 Å². The van der Waals surface area contributed by atoms with Crippen molar-refractivity contribution in [2.75, 3.05) is 45.2 Å². The lowest BCUT2D eigenvalue weighted by Gasteiger charge is -2.21. The maximum atomic E-state index is 13.6. The Balaban J connectivity index is 1.24. The third kappa shape index (κ3) is 16.4. The van der Waals surface area contributed by atoms with Gasteiger partial charge in [0.1, 0.15) is 17.9 Å². The van der Waals surface area contributed by atoms with Gasteiger partial charge in [-0.05, 0) is 12.0 Å². The van der Waals surface area contributed by atoms with Crippen molar-refractivity contribution in [1.82, 2.24) is 9.55 Å². The first kappa shape index (κ1) is 40.2. The highest BCUT2D eigenvalue weighted by atomic mass is 31.2. The fourth-order valence-electron chi connectivity index (χ4n) is 5.68. The topological polar surface area (TPSA) is 131 Å². The molecule has 3 N–H and O–H groups in total. The third-order valence-electron chi connectivity index (χ3n) is 8.48. The Hall–Kier alpha value is -2.27. The van der Waals surface area contributed by atoms with E-state index in [-0.39, 0.29) is 32.1 Å². The Morgan fingerprint density at radius 1 is 0.792 bits per heavy atom. The Kier molecular flexibility index (Phi) is 20.7. The number of benzene rings is 1. The number of rotatable bonds is 30. The van der Waals surface area contributed by atoms with Crippen LogP contribution in [0.15, 0.2) is 41.7 Å². The Labute approximate surface area is 289 Å². The average molecular weight is 692 g/mol. The summed E-state index contributed by atoms with van der Waals surface area (Å²) in [6.07, 6.45) is 22.4. The van der Waals surface area contributed by atoms with Crippen LogP contribution in [0, 0.1) is 0 Å². The summed E-state index contributed by atoms with van der Waals surface area (Å²) in [5.41, 5.74) is 7.44. The number of nitrogens with zero attached hydrogens (tertiary/aromatic N) is 3. The van der Waals surface area contributed by atoms with Gasteiger partial charge >= 0.3 is 7.60 Å². The summed E-state index contributed by atoms with van der Waals surface area (Å²) in [5.74, 6) is 0.945. The zero-order chi connectivity index (χ0) is 34.1. The number of nitrogens with one attached hydrogen (secondary N) is 1. The second-order valence-corrected chi connectivity index (χ2v) is 14.6. The monoisotopic (exact) mass is 691 g/mol. The summed E-state index contributed by atoms with van der Waals surface area (Å²) in [6.45, 7) is 4.35. The number of fused-ring (bicyclic) bond motifs is 1. The van der Waals surface area contributed by atoms with Gasteiger partial charge in [0.25, 0.3) is 0 Å². The second kappa shape index (κ2) is 24.8.